The van der Waals surface area contributed by atoms with E-state index in [2.05, 4.69) is 12.2 Å². The summed E-state index contributed by atoms with van der Waals surface area (Å²) in [5.74, 6) is 0.630. The fourth-order valence-corrected chi connectivity index (χ4v) is 3.19. The van der Waals surface area contributed by atoms with Gasteiger partial charge in [0.05, 0.1) is 7.11 Å². The highest BCUT2D eigenvalue weighted by Gasteiger charge is 2.29. The zero-order chi connectivity index (χ0) is 21.1. The number of rotatable bonds is 11. The number of carbonyl (C=O) groups excluding carboxylic acids is 2. The molecule has 0 saturated carbocycles. The summed E-state index contributed by atoms with van der Waals surface area (Å²) in [7, 11) is 1.62. The van der Waals surface area contributed by atoms with E-state index >= 15 is 0 Å². The van der Waals surface area contributed by atoms with Crippen molar-refractivity contribution in [3.63, 3.8) is 0 Å². The highest BCUT2D eigenvalue weighted by molar-refractivity contribution is 5.87. The fraction of sp³-hybridized carbons (Fsp3) is 0.417. The number of carbonyl (C=O) groups is 2. The minimum absolute atomic E-state index is 0.0348. The molecule has 0 heterocycles. The number of ether oxygens (including phenoxy) is 1. The molecule has 0 aliphatic heterocycles. The third-order valence-corrected chi connectivity index (χ3v) is 4.92. The van der Waals surface area contributed by atoms with Crippen LogP contribution in [0.2, 0.25) is 0 Å². The van der Waals surface area contributed by atoms with Crippen LogP contribution in [0.4, 0.5) is 0 Å². The predicted molar refractivity (Wildman–Crippen MR) is 116 cm³/mol. The van der Waals surface area contributed by atoms with Crippen LogP contribution in [-0.2, 0) is 22.6 Å². The van der Waals surface area contributed by atoms with Crippen LogP contribution in [0.5, 0.6) is 5.75 Å². The van der Waals surface area contributed by atoms with Crippen molar-refractivity contribution in [3.05, 3.63) is 65.7 Å². The van der Waals surface area contributed by atoms with Crippen LogP contribution in [0, 0.1) is 0 Å². The SMILES string of the molecule is CCCCNC(=O)[C@@H](Cc1ccccc1)N(Cc1ccc(OC)cc1)C(=O)CC. The Morgan fingerprint density at radius 3 is 2.28 bits per heavy atom. The van der Waals surface area contributed by atoms with E-state index in [1.165, 1.54) is 0 Å². The number of benzene rings is 2. The largest absolute Gasteiger partial charge is 0.497 e. The van der Waals surface area contributed by atoms with Crippen LogP contribution in [0.15, 0.2) is 54.6 Å². The summed E-state index contributed by atoms with van der Waals surface area (Å²) < 4.78 is 5.22. The molecule has 0 bridgehead atoms. The molecule has 2 aromatic rings. The Hall–Kier alpha value is -2.82. The van der Waals surface area contributed by atoms with Crippen molar-refractivity contribution < 1.29 is 14.3 Å². The first kappa shape index (κ1) is 22.5. The van der Waals surface area contributed by atoms with Gasteiger partial charge in [0.1, 0.15) is 11.8 Å². The molecule has 2 rings (SSSR count). The summed E-state index contributed by atoms with van der Waals surface area (Å²) in [5, 5.41) is 3.01. The Kier molecular flexibility index (Phi) is 9.22. The van der Waals surface area contributed by atoms with E-state index in [4.69, 9.17) is 4.74 Å². The minimum Gasteiger partial charge on any atom is -0.497 e. The number of unbranched alkanes of at least 4 members (excludes halogenated alkanes) is 1. The third kappa shape index (κ3) is 6.93. The summed E-state index contributed by atoms with van der Waals surface area (Å²) in [6, 6.07) is 16.9. The Labute approximate surface area is 174 Å². The third-order valence-electron chi connectivity index (χ3n) is 4.92. The molecule has 29 heavy (non-hydrogen) atoms. The predicted octanol–water partition coefficient (Wildman–Crippen LogP) is 3.96. The maximum Gasteiger partial charge on any atom is 0.243 e. The lowest BCUT2D eigenvalue weighted by atomic mass is 10.0. The summed E-state index contributed by atoms with van der Waals surface area (Å²) >= 11 is 0. The van der Waals surface area contributed by atoms with Gasteiger partial charge in [0.25, 0.3) is 0 Å². The van der Waals surface area contributed by atoms with E-state index in [0.29, 0.717) is 25.9 Å². The highest BCUT2D eigenvalue weighted by Crippen LogP contribution is 2.18. The standard InChI is InChI=1S/C24H32N2O3/c1-4-6-16-25-24(28)22(17-19-10-8-7-9-11-19)26(23(27)5-2)18-20-12-14-21(29-3)15-13-20/h7-15,22H,4-6,16-18H2,1-3H3,(H,25,28)/t22-/m1/s1. The van der Waals surface area contributed by atoms with Gasteiger partial charge in [-0.15, -0.1) is 0 Å². The smallest absolute Gasteiger partial charge is 0.243 e. The average Bonchev–Trinajstić information content (AvgIpc) is 2.76. The van der Waals surface area contributed by atoms with Crippen molar-refractivity contribution in [2.45, 2.75) is 52.1 Å². The number of nitrogens with zero attached hydrogens (tertiary/aromatic N) is 1. The first-order chi connectivity index (χ1) is 14.1. The van der Waals surface area contributed by atoms with Gasteiger partial charge in [-0.3, -0.25) is 9.59 Å². The van der Waals surface area contributed by atoms with Gasteiger partial charge in [0.15, 0.2) is 0 Å². The topological polar surface area (TPSA) is 58.6 Å². The first-order valence-electron chi connectivity index (χ1n) is 10.3. The second kappa shape index (κ2) is 11.9. The van der Waals surface area contributed by atoms with Crippen LogP contribution in [0.3, 0.4) is 0 Å². The lowest BCUT2D eigenvalue weighted by Gasteiger charge is -2.31. The quantitative estimate of drug-likeness (QED) is 0.585. The highest BCUT2D eigenvalue weighted by atomic mass is 16.5. The average molecular weight is 397 g/mol. The van der Waals surface area contributed by atoms with E-state index in [1.807, 2.05) is 61.5 Å². The molecule has 1 N–H and O–H groups in total. The molecule has 0 aromatic heterocycles. The Morgan fingerprint density at radius 2 is 1.69 bits per heavy atom. The Bertz CT molecular complexity index is 759. The van der Waals surface area contributed by atoms with Gasteiger partial charge in [-0.25, -0.2) is 0 Å². The normalized spacial score (nSPS) is 11.6. The maximum atomic E-state index is 13.0. The molecule has 5 heteroatoms. The van der Waals surface area contributed by atoms with Gasteiger partial charge in [-0.05, 0) is 29.7 Å². The number of amides is 2. The lowest BCUT2D eigenvalue weighted by Crippen LogP contribution is -2.50. The number of hydrogen-bond acceptors (Lipinski definition) is 3. The number of nitrogens with one attached hydrogen (secondary N) is 1. The van der Waals surface area contributed by atoms with Gasteiger partial charge in [0, 0.05) is 25.9 Å². The van der Waals surface area contributed by atoms with Crippen molar-refractivity contribution >= 4 is 11.8 Å². The van der Waals surface area contributed by atoms with Crippen LogP contribution in [0.25, 0.3) is 0 Å². The van der Waals surface area contributed by atoms with Crippen LogP contribution < -0.4 is 10.1 Å². The van der Waals surface area contributed by atoms with E-state index < -0.39 is 6.04 Å². The van der Waals surface area contributed by atoms with Crippen molar-refractivity contribution in [2.24, 2.45) is 0 Å². The molecule has 0 spiro atoms. The van der Waals surface area contributed by atoms with Crippen molar-refractivity contribution in [1.29, 1.82) is 0 Å². The molecule has 0 saturated heterocycles. The van der Waals surface area contributed by atoms with Gasteiger partial charge in [-0.1, -0.05) is 62.7 Å². The number of hydrogen-bond donors (Lipinski definition) is 1. The summed E-state index contributed by atoms with van der Waals surface area (Å²) in [6.45, 7) is 4.93. The second-order valence-electron chi connectivity index (χ2n) is 7.07. The zero-order valence-electron chi connectivity index (χ0n) is 17.7. The van der Waals surface area contributed by atoms with Crippen LogP contribution in [0.1, 0.15) is 44.2 Å². The molecular formula is C24H32N2O3. The second-order valence-corrected chi connectivity index (χ2v) is 7.07. The first-order valence-corrected chi connectivity index (χ1v) is 10.3. The molecule has 0 radical (unpaired) electrons. The molecule has 1 atom stereocenters. The molecule has 0 aliphatic rings. The van der Waals surface area contributed by atoms with Crippen LogP contribution in [-0.4, -0.2) is 36.4 Å². The summed E-state index contributed by atoms with van der Waals surface area (Å²) in [4.78, 5) is 27.6. The molecule has 0 fully saturated rings. The maximum absolute atomic E-state index is 13.0. The molecule has 0 aliphatic carbocycles. The van der Waals surface area contributed by atoms with Crippen molar-refractivity contribution in [3.8, 4) is 5.75 Å². The van der Waals surface area contributed by atoms with Gasteiger partial charge in [-0.2, -0.15) is 0 Å². The van der Waals surface area contributed by atoms with E-state index in [0.717, 1.165) is 29.7 Å². The van der Waals surface area contributed by atoms with E-state index in [1.54, 1.807) is 12.0 Å². The molecule has 5 nitrogen and oxygen atoms in total. The molecule has 2 aromatic carbocycles. The Morgan fingerprint density at radius 1 is 1.00 bits per heavy atom. The van der Waals surface area contributed by atoms with E-state index in [9.17, 15) is 9.59 Å². The molecule has 0 unspecified atom stereocenters. The zero-order valence-corrected chi connectivity index (χ0v) is 17.7. The summed E-state index contributed by atoms with van der Waals surface area (Å²) in [6.07, 6.45) is 2.77. The number of methoxy groups -OCH3 is 1. The lowest BCUT2D eigenvalue weighted by molar-refractivity contribution is -0.141. The molecular weight excluding hydrogens is 364 g/mol. The van der Waals surface area contributed by atoms with Crippen molar-refractivity contribution in [1.82, 2.24) is 10.2 Å². The van der Waals surface area contributed by atoms with Gasteiger partial charge >= 0.3 is 0 Å². The molecule has 156 valence electrons. The van der Waals surface area contributed by atoms with Gasteiger partial charge in [0.2, 0.25) is 11.8 Å². The van der Waals surface area contributed by atoms with Gasteiger partial charge < -0.3 is 15.0 Å². The van der Waals surface area contributed by atoms with Crippen molar-refractivity contribution in [2.75, 3.05) is 13.7 Å². The minimum atomic E-state index is -0.552. The monoisotopic (exact) mass is 396 g/mol. The van der Waals surface area contributed by atoms with Crippen LogP contribution >= 0.6 is 0 Å². The molecule has 2 amide bonds. The van der Waals surface area contributed by atoms with E-state index in [-0.39, 0.29) is 11.8 Å². The summed E-state index contributed by atoms with van der Waals surface area (Å²) in [5.41, 5.74) is 2.00. The Balaban J connectivity index is 2.28. The fourth-order valence-electron chi connectivity index (χ4n) is 3.19.